The van der Waals surface area contributed by atoms with E-state index >= 15 is 0 Å². The van der Waals surface area contributed by atoms with Crippen molar-refractivity contribution < 1.29 is 10.2 Å². The Hall–Kier alpha value is -0.600. The van der Waals surface area contributed by atoms with Crippen molar-refractivity contribution in [2.24, 2.45) is 29.1 Å². The first-order chi connectivity index (χ1) is 7.85. The minimum atomic E-state index is -0.366. The highest BCUT2D eigenvalue weighted by Crippen LogP contribution is 2.70. The van der Waals surface area contributed by atoms with Gasteiger partial charge in [-0.25, -0.2) is 0 Å². The quantitative estimate of drug-likeness (QED) is 0.630. The molecule has 3 aliphatic carbocycles. The molecule has 0 spiro atoms. The summed E-state index contributed by atoms with van der Waals surface area (Å²) in [4.78, 5) is 0. The number of allylic oxidation sites excluding steroid dienone is 1. The van der Waals surface area contributed by atoms with Gasteiger partial charge in [-0.1, -0.05) is 26.5 Å². The Morgan fingerprint density at radius 2 is 1.94 bits per heavy atom. The van der Waals surface area contributed by atoms with E-state index in [1.54, 1.807) is 0 Å². The van der Waals surface area contributed by atoms with Crippen LogP contribution in [0.1, 0.15) is 27.2 Å². The summed E-state index contributed by atoms with van der Waals surface area (Å²) in [7, 11) is 0. The average Bonchev–Trinajstić information content (AvgIpc) is 2.81. The first-order valence-electron chi connectivity index (χ1n) is 6.59. The zero-order chi connectivity index (χ0) is 12.5. The fraction of sp³-hybridized carbons (Fsp3) is 0.733. The Morgan fingerprint density at radius 1 is 1.29 bits per heavy atom. The second-order valence-electron chi connectivity index (χ2n) is 6.74. The standard InChI is InChI=1S/C15H22O2/c1-7-5-10-9(6-11(7)16)8(2)14(17)13-12(10)15(13,3)4/h5,9-14,16-17H,2,6H2,1,3-4H3/t9?,10?,11-,12?,13?,14-/m0/s1. The SMILES string of the molecule is C=C1C2C[C@H](O)C(C)=CC2C2C([C@H]1O)C2(C)C. The fourth-order valence-corrected chi connectivity index (χ4v) is 4.37. The molecule has 94 valence electrons. The summed E-state index contributed by atoms with van der Waals surface area (Å²) in [6.45, 7) is 10.6. The van der Waals surface area contributed by atoms with Crippen LogP contribution >= 0.6 is 0 Å². The van der Waals surface area contributed by atoms with Gasteiger partial charge >= 0.3 is 0 Å². The van der Waals surface area contributed by atoms with E-state index < -0.39 is 0 Å². The van der Waals surface area contributed by atoms with Gasteiger partial charge in [0.05, 0.1) is 12.2 Å². The summed E-state index contributed by atoms with van der Waals surface area (Å²) < 4.78 is 0. The van der Waals surface area contributed by atoms with Crippen molar-refractivity contribution in [3.63, 3.8) is 0 Å². The van der Waals surface area contributed by atoms with Gasteiger partial charge in [-0.2, -0.15) is 0 Å². The first kappa shape index (κ1) is 11.5. The van der Waals surface area contributed by atoms with Crippen LogP contribution in [0.15, 0.2) is 23.8 Å². The molecule has 3 aliphatic rings. The topological polar surface area (TPSA) is 40.5 Å². The highest BCUT2D eigenvalue weighted by Gasteiger charge is 2.68. The van der Waals surface area contributed by atoms with E-state index in [0.29, 0.717) is 17.8 Å². The fourth-order valence-electron chi connectivity index (χ4n) is 4.37. The van der Waals surface area contributed by atoms with Crippen LogP contribution in [0, 0.1) is 29.1 Å². The lowest BCUT2D eigenvalue weighted by Gasteiger charge is -2.39. The lowest BCUT2D eigenvalue weighted by molar-refractivity contribution is 0.0938. The van der Waals surface area contributed by atoms with Crippen LogP contribution < -0.4 is 0 Å². The third-order valence-electron chi connectivity index (χ3n) is 5.53. The van der Waals surface area contributed by atoms with Gasteiger partial charge in [0.15, 0.2) is 0 Å². The Bertz CT molecular complexity index is 407. The van der Waals surface area contributed by atoms with E-state index in [1.165, 1.54) is 0 Å². The monoisotopic (exact) mass is 234 g/mol. The number of fused-ring (bicyclic) bond motifs is 3. The molecule has 0 aromatic carbocycles. The van der Waals surface area contributed by atoms with Crippen LogP contribution in [-0.4, -0.2) is 22.4 Å². The molecule has 6 atom stereocenters. The molecule has 4 unspecified atom stereocenters. The number of hydrogen-bond acceptors (Lipinski definition) is 2. The molecule has 0 radical (unpaired) electrons. The van der Waals surface area contributed by atoms with Gasteiger partial charge in [-0.3, -0.25) is 0 Å². The highest BCUT2D eigenvalue weighted by atomic mass is 16.3. The molecular weight excluding hydrogens is 212 g/mol. The van der Waals surface area contributed by atoms with Gasteiger partial charge in [-0.15, -0.1) is 0 Å². The van der Waals surface area contributed by atoms with E-state index in [-0.39, 0.29) is 23.5 Å². The molecule has 2 heteroatoms. The van der Waals surface area contributed by atoms with Crippen molar-refractivity contribution >= 4 is 0 Å². The third-order valence-corrected chi connectivity index (χ3v) is 5.53. The van der Waals surface area contributed by atoms with Crippen LogP contribution in [0.25, 0.3) is 0 Å². The summed E-state index contributed by atoms with van der Waals surface area (Å²) in [5.74, 6) is 1.69. The number of aliphatic hydroxyl groups excluding tert-OH is 2. The lowest BCUT2D eigenvalue weighted by atomic mass is 9.68. The second kappa shape index (κ2) is 3.24. The molecule has 0 aliphatic heterocycles. The van der Waals surface area contributed by atoms with E-state index in [4.69, 9.17) is 0 Å². The Kier molecular flexibility index (Phi) is 2.19. The molecule has 0 aromatic heterocycles. The van der Waals surface area contributed by atoms with Crippen LogP contribution in [0.2, 0.25) is 0 Å². The summed E-state index contributed by atoms with van der Waals surface area (Å²) in [6.07, 6.45) is 2.26. The second-order valence-corrected chi connectivity index (χ2v) is 6.74. The Balaban J connectivity index is 2.00. The first-order valence-corrected chi connectivity index (χ1v) is 6.59. The normalized spacial score (nSPS) is 51.4. The van der Waals surface area contributed by atoms with E-state index in [9.17, 15) is 10.2 Å². The molecule has 0 amide bonds. The third kappa shape index (κ3) is 1.34. The van der Waals surface area contributed by atoms with Crippen molar-refractivity contribution in [2.75, 3.05) is 0 Å². The van der Waals surface area contributed by atoms with Gasteiger partial charge in [0, 0.05) is 0 Å². The number of hydrogen-bond donors (Lipinski definition) is 2. The number of aliphatic hydroxyl groups is 2. The van der Waals surface area contributed by atoms with E-state index in [2.05, 4.69) is 26.5 Å². The minimum absolute atomic E-state index is 0.223. The molecule has 17 heavy (non-hydrogen) atoms. The highest BCUT2D eigenvalue weighted by molar-refractivity contribution is 5.33. The zero-order valence-electron chi connectivity index (χ0n) is 10.9. The predicted molar refractivity (Wildman–Crippen MR) is 67.3 cm³/mol. The van der Waals surface area contributed by atoms with Crippen molar-refractivity contribution in [2.45, 2.75) is 39.4 Å². The van der Waals surface area contributed by atoms with Crippen LogP contribution in [0.5, 0.6) is 0 Å². The van der Waals surface area contributed by atoms with Gasteiger partial charge in [-0.05, 0) is 53.6 Å². The maximum atomic E-state index is 10.3. The molecule has 2 N–H and O–H groups in total. The molecule has 0 aromatic rings. The molecule has 2 nitrogen and oxygen atoms in total. The van der Waals surface area contributed by atoms with Crippen molar-refractivity contribution in [3.8, 4) is 0 Å². The van der Waals surface area contributed by atoms with Crippen LogP contribution in [-0.2, 0) is 0 Å². The number of rotatable bonds is 0. The van der Waals surface area contributed by atoms with Crippen molar-refractivity contribution in [1.82, 2.24) is 0 Å². The summed E-state index contributed by atoms with van der Waals surface area (Å²) in [5.41, 5.74) is 2.27. The largest absolute Gasteiger partial charge is 0.389 e. The van der Waals surface area contributed by atoms with Gasteiger partial charge < -0.3 is 10.2 Å². The Labute approximate surface area is 103 Å². The van der Waals surface area contributed by atoms with Crippen LogP contribution in [0.4, 0.5) is 0 Å². The molecular formula is C15H22O2. The molecule has 2 saturated carbocycles. The smallest absolute Gasteiger partial charge is 0.0786 e. The van der Waals surface area contributed by atoms with Crippen molar-refractivity contribution in [3.05, 3.63) is 23.8 Å². The van der Waals surface area contributed by atoms with Crippen LogP contribution in [0.3, 0.4) is 0 Å². The summed E-state index contributed by atoms with van der Waals surface area (Å²) >= 11 is 0. The maximum absolute atomic E-state index is 10.3. The molecule has 0 saturated heterocycles. The van der Waals surface area contributed by atoms with Gasteiger partial charge in [0.25, 0.3) is 0 Å². The molecule has 0 bridgehead atoms. The maximum Gasteiger partial charge on any atom is 0.0786 e. The molecule has 3 rings (SSSR count). The average molecular weight is 234 g/mol. The summed E-state index contributed by atoms with van der Waals surface area (Å²) in [5, 5.41) is 20.3. The van der Waals surface area contributed by atoms with Gasteiger partial charge in [0.1, 0.15) is 0 Å². The molecule has 2 fully saturated rings. The van der Waals surface area contributed by atoms with Crippen molar-refractivity contribution in [1.29, 1.82) is 0 Å². The van der Waals surface area contributed by atoms with E-state index in [0.717, 1.165) is 17.6 Å². The Morgan fingerprint density at radius 3 is 2.59 bits per heavy atom. The molecule has 0 heterocycles. The minimum Gasteiger partial charge on any atom is -0.389 e. The predicted octanol–water partition coefficient (Wildman–Crippen LogP) is 2.13. The zero-order valence-corrected chi connectivity index (χ0v) is 10.9. The lowest BCUT2D eigenvalue weighted by Crippen LogP contribution is -2.37. The van der Waals surface area contributed by atoms with E-state index in [1.807, 2.05) is 6.92 Å². The summed E-state index contributed by atoms with van der Waals surface area (Å²) in [6, 6.07) is 0. The van der Waals surface area contributed by atoms with Gasteiger partial charge in [0.2, 0.25) is 0 Å².